The third-order valence-electron chi connectivity index (χ3n) is 4.98. The van der Waals surface area contributed by atoms with Crippen molar-refractivity contribution in [1.82, 2.24) is 5.43 Å². The number of ether oxygens (including phenoxy) is 2. The van der Waals surface area contributed by atoms with E-state index in [2.05, 4.69) is 31.8 Å². The van der Waals surface area contributed by atoms with Crippen LogP contribution in [0.15, 0.2) is 70.2 Å². The van der Waals surface area contributed by atoms with Gasteiger partial charge in [0.2, 0.25) is 5.91 Å². The second-order valence-electron chi connectivity index (χ2n) is 7.57. The average Bonchev–Trinajstić information content (AvgIpc) is 2.85. The van der Waals surface area contributed by atoms with E-state index >= 15 is 0 Å². The summed E-state index contributed by atoms with van der Waals surface area (Å²) in [7, 11) is 0. The predicted molar refractivity (Wildman–Crippen MR) is 140 cm³/mol. The molecule has 0 saturated heterocycles. The number of nitrogens with two attached hydrogens (primary N) is 1. The van der Waals surface area contributed by atoms with Gasteiger partial charge in [0.25, 0.3) is 0 Å². The van der Waals surface area contributed by atoms with Crippen LogP contribution in [-0.4, -0.2) is 30.5 Å². The number of halogens is 1. The highest BCUT2D eigenvalue weighted by Gasteiger charge is 2.15. The number of benzene rings is 3. The van der Waals surface area contributed by atoms with Gasteiger partial charge in [-0.15, -0.1) is 0 Å². The number of primary amides is 1. The Bertz CT molecular complexity index is 1290. The van der Waals surface area contributed by atoms with Crippen LogP contribution < -0.4 is 25.9 Å². The van der Waals surface area contributed by atoms with Gasteiger partial charge in [-0.05, 0) is 82.9 Å². The van der Waals surface area contributed by atoms with E-state index in [1.54, 1.807) is 12.1 Å². The van der Waals surface area contributed by atoms with Crippen LogP contribution in [0.3, 0.4) is 0 Å². The fourth-order valence-electron chi connectivity index (χ4n) is 3.11. The van der Waals surface area contributed by atoms with Crippen molar-refractivity contribution >= 4 is 45.6 Å². The highest BCUT2D eigenvalue weighted by molar-refractivity contribution is 9.10. The van der Waals surface area contributed by atoms with Crippen LogP contribution in [0, 0.1) is 6.92 Å². The number of carbonyl (C=O) groups is 3. The molecule has 0 saturated carbocycles. The Morgan fingerprint density at radius 3 is 2.42 bits per heavy atom. The summed E-state index contributed by atoms with van der Waals surface area (Å²) in [6.07, 6.45) is 1.38. The van der Waals surface area contributed by atoms with Gasteiger partial charge in [-0.3, -0.25) is 14.4 Å². The number of hydrogen-bond donors (Lipinski definition) is 3. The van der Waals surface area contributed by atoms with E-state index in [1.807, 2.05) is 38.1 Å². The molecule has 0 atom stereocenters. The Morgan fingerprint density at radius 2 is 1.75 bits per heavy atom. The zero-order valence-corrected chi connectivity index (χ0v) is 21.3. The van der Waals surface area contributed by atoms with E-state index < -0.39 is 17.7 Å². The van der Waals surface area contributed by atoms with Crippen molar-refractivity contribution in [3.05, 3.63) is 87.4 Å². The van der Waals surface area contributed by atoms with Gasteiger partial charge in [-0.25, -0.2) is 5.43 Å². The zero-order valence-electron chi connectivity index (χ0n) is 19.7. The molecule has 4 N–H and O–H groups in total. The topological polar surface area (TPSA) is 132 Å². The van der Waals surface area contributed by atoms with Crippen LogP contribution in [0.5, 0.6) is 11.5 Å². The lowest BCUT2D eigenvalue weighted by Gasteiger charge is -2.15. The number of amides is 3. The molecule has 0 unspecified atom stereocenters. The molecule has 0 aliphatic heterocycles. The van der Waals surface area contributed by atoms with Crippen molar-refractivity contribution in [3.63, 3.8) is 0 Å². The summed E-state index contributed by atoms with van der Waals surface area (Å²) in [5.41, 5.74) is 10.8. The Balaban J connectivity index is 1.64. The molecule has 0 aliphatic carbocycles. The van der Waals surface area contributed by atoms with E-state index in [1.165, 1.54) is 30.5 Å². The number of hydrazone groups is 1. The highest BCUT2D eigenvalue weighted by Crippen LogP contribution is 2.37. The minimum absolute atomic E-state index is 0.284. The number of nitrogens with zero attached hydrogens (tertiary/aromatic N) is 1. The lowest BCUT2D eigenvalue weighted by molar-refractivity contribution is -0.136. The van der Waals surface area contributed by atoms with Crippen molar-refractivity contribution in [2.75, 3.05) is 11.9 Å². The number of aryl methyl sites for hydroxylation is 1. The van der Waals surface area contributed by atoms with E-state index in [4.69, 9.17) is 15.2 Å². The molecular weight excluding hydrogens is 528 g/mol. The zero-order chi connectivity index (χ0) is 26.1. The molecule has 0 heterocycles. The molecule has 0 aliphatic rings. The molecule has 0 radical (unpaired) electrons. The first kappa shape index (κ1) is 26.4. The fourth-order valence-corrected chi connectivity index (χ4v) is 3.68. The van der Waals surface area contributed by atoms with Crippen molar-refractivity contribution < 1.29 is 23.9 Å². The van der Waals surface area contributed by atoms with Gasteiger partial charge in [-0.2, -0.15) is 5.10 Å². The summed E-state index contributed by atoms with van der Waals surface area (Å²) in [5.74, 6) is -1.43. The normalized spacial score (nSPS) is 10.6. The molecule has 10 heteroatoms. The van der Waals surface area contributed by atoms with Crippen LogP contribution in [0.4, 0.5) is 5.69 Å². The van der Waals surface area contributed by atoms with Gasteiger partial charge in [0.1, 0.15) is 6.61 Å². The molecule has 3 rings (SSSR count). The Labute approximate surface area is 216 Å². The molecule has 0 bridgehead atoms. The Kier molecular flexibility index (Phi) is 9.18. The molecule has 3 amide bonds. The number of hydrogen-bond acceptors (Lipinski definition) is 6. The maximum Gasteiger partial charge on any atom is 0.329 e. The first-order valence-corrected chi connectivity index (χ1v) is 11.8. The van der Waals surface area contributed by atoms with Crippen LogP contribution in [-0.2, 0) is 16.2 Å². The van der Waals surface area contributed by atoms with Crippen molar-refractivity contribution in [1.29, 1.82) is 0 Å². The molecule has 9 nitrogen and oxygen atoms in total. The van der Waals surface area contributed by atoms with E-state index in [0.29, 0.717) is 40.4 Å². The van der Waals surface area contributed by atoms with Gasteiger partial charge in [0, 0.05) is 11.3 Å². The third kappa shape index (κ3) is 7.16. The molecular formula is C26H25BrN4O5. The molecule has 0 aromatic heterocycles. The van der Waals surface area contributed by atoms with Crippen LogP contribution in [0.2, 0.25) is 0 Å². The summed E-state index contributed by atoms with van der Waals surface area (Å²) in [6.45, 7) is 4.67. The van der Waals surface area contributed by atoms with Gasteiger partial charge in [-0.1, -0.05) is 24.3 Å². The summed E-state index contributed by atoms with van der Waals surface area (Å²) in [4.78, 5) is 35.3. The third-order valence-corrected chi connectivity index (χ3v) is 5.57. The number of anilines is 1. The van der Waals surface area contributed by atoms with Crippen molar-refractivity contribution in [2.24, 2.45) is 10.8 Å². The summed E-state index contributed by atoms with van der Waals surface area (Å²) in [6, 6.07) is 17.2. The second-order valence-corrected chi connectivity index (χ2v) is 8.43. The smallest absolute Gasteiger partial charge is 0.329 e. The van der Waals surface area contributed by atoms with Crippen LogP contribution in [0.25, 0.3) is 0 Å². The minimum atomic E-state index is -0.965. The quantitative estimate of drug-likeness (QED) is 0.210. The largest absolute Gasteiger partial charge is 0.490 e. The predicted octanol–water partition coefficient (Wildman–Crippen LogP) is 3.92. The van der Waals surface area contributed by atoms with Crippen molar-refractivity contribution in [3.8, 4) is 11.5 Å². The monoisotopic (exact) mass is 552 g/mol. The highest BCUT2D eigenvalue weighted by atomic mass is 79.9. The first-order chi connectivity index (χ1) is 17.3. The summed E-state index contributed by atoms with van der Waals surface area (Å²) >= 11 is 3.51. The van der Waals surface area contributed by atoms with E-state index in [9.17, 15) is 14.4 Å². The van der Waals surface area contributed by atoms with Gasteiger partial charge in [0.15, 0.2) is 11.5 Å². The van der Waals surface area contributed by atoms with E-state index in [-0.39, 0.29) is 5.56 Å². The second kappa shape index (κ2) is 12.5. The minimum Gasteiger partial charge on any atom is -0.490 e. The molecule has 3 aromatic rings. The average molecular weight is 553 g/mol. The lowest BCUT2D eigenvalue weighted by atomic mass is 10.1. The Hall–Kier alpha value is -4.18. The SMILES string of the molecule is CCOc1cc(/C=N/NC(=O)C(=O)Nc2ccc(C(N)=O)cc2)cc(Br)c1OCc1ccccc1C. The summed E-state index contributed by atoms with van der Waals surface area (Å²) < 4.78 is 12.4. The number of nitrogens with one attached hydrogen (secondary N) is 2. The number of carbonyl (C=O) groups excluding carboxylic acids is 3. The standard InChI is InChI=1S/C26H25BrN4O5/c1-3-35-22-13-17(12-21(27)23(22)36-15-19-7-5-4-6-16(19)2)14-29-31-26(34)25(33)30-20-10-8-18(9-11-20)24(28)32/h4-14H,3,15H2,1-2H3,(H2,28,32)(H,30,33)(H,31,34)/b29-14+. The number of rotatable bonds is 9. The first-order valence-electron chi connectivity index (χ1n) is 11.0. The van der Waals surface area contributed by atoms with Crippen LogP contribution >= 0.6 is 15.9 Å². The maximum atomic E-state index is 12.1. The van der Waals surface area contributed by atoms with Gasteiger partial charge < -0.3 is 20.5 Å². The van der Waals surface area contributed by atoms with E-state index in [0.717, 1.165) is 11.1 Å². The van der Waals surface area contributed by atoms with Gasteiger partial charge in [0.05, 0.1) is 17.3 Å². The fraction of sp³-hybridized carbons (Fsp3) is 0.154. The molecule has 0 spiro atoms. The summed E-state index contributed by atoms with van der Waals surface area (Å²) in [5, 5.41) is 6.26. The molecule has 36 heavy (non-hydrogen) atoms. The molecule has 186 valence electrons. The molecule has 0 fully saturated rings. The lowest BCUT2D eigenvalue weighted by Crippen LogP contribution is -2.32. The molecule has 3 aromatic carbocycles. The van der Waals surface area contributed by atoms with Crippen molar-refractivity contribution in [2.45, 2.75) is 20.5 Å². The van der Waals surface area contributed by atoms with Gasteiger partial charge >= 0.3 is 11.8 Å². The van der Waals surface area contributed by atoms with Crippen LogP contribution in [0.1, 0.15) is 34.0 Å². The Morgan fingerprint density at radius 1 is 1.03 bits per heavy atom. The maximum absolute atomic E-state index is 12.1.